The molecule has 1 atom stereocenters. The van der Waals surface area contributed by atoms with Gasteiger partial charge >= 0.3 is 0 Å². The van der Waals surface area contributed by atoms with Crippen LogP contribution < -0.4 is 4.72 Å². The smallest absolute Gasteiger partial charge is 0.240 e. The number of rotatable bonds is 8. The van der Waals surface area contributed by atoms with Gasteiger partial charge < -0.3 is 5.11 Å². The summed E-state index contributed by atoms with van der Waals surface area (Å²) in [5.41, 5.74) is 3.12. The molecule has 7 heteroatoms. The number of hydrogen-bond acceptors (Lipinski definition) is 4. The molecular weight excluding hydrogens is 458 g/mol. The molecule has 1 unspecified atom stereocenters. The minimum atomic E-state index is -3.61. The molecule has 170 valence electrons. The molecule has 5 nitrogen and oxygen atoms in total. The third-order valence-corrected chi connectivity index (χ3v) is 7.45. The van der Waals surface area contributed by atoms with Gasteiger partial charge in [0.1, 0.15) is 5.76 Å². The molecule has 3 aromatic carbocycles. The van der Waals surface area contributed by atoms with Crippen LogP contribution in [0, 0.1) is 5.92 Å². The number of carbonyl (C=O) groups excluding carboxylic acids is 1. The molecule has 0 aromatic heterocycles. The van der Waals surface area contributed by atoms with Crippen LogP contribution in [0.4, 0.5) is 0 Å². The Balaban J connectivity index is 1.40. The normalized spacial score (nSPS) is 16.4. The minimum absolute atomic E-state index is 0.0449. The summed E-state index contributed by atoms with van der Waals surface area (Å²) in [5, 5.41) is 11.2. The van der Waals surface area contributed by atoms with Gasteiger partial charge in [0.15, 0.2) is 5.78 Å². The number of sulfonamides is 1. The lowest BCUT2D eigenvalue weighted by atomic mass is 9.96. The van der Waals surface area contributed by atoms with Gasteiger partial charge in [0.2, 0.25) is 10.0 Å². The van der Waals surface area contributed by atoms with Crippen molar-refractivity contribution in [2.45, 2.75) is 24.2 Å². The maximum atomic E-state index is 12.5. The van der Waals surface area contributed by atoms with Crippen LogP contribution in [0.3, 0.4) is 0 Å². The molecule has 3 aromatic rings. The molecule has 2 N–H and O–H groups in total. The maximum absolute atomic E-state index is 12.5. The standard InChI is InChI=1S/C26H24ClNO4S/c27-22-9-11-23(12-10-22)33(31,32)28-14-13-18-5-4-6-19(15-18)16-21-17-24(29)25(26(21)30)20-7-2-1-3-8-20/h1-12,15,21,28,30H,13-14,16-17H2. The van der Waals surface area contributed by atoms with Crippen LogP contribution in [0.1, 0.15) is 23.1 Å². The fourth-order valence-electron chi connectivity index (χ4n) is 4.08. The SMILES string of the molecule is O=C1CC(Cc2cccc(CCNS(=O)(=O)c3ccc(Cl)cc3)c2)C(O)=C1c1ccccc1. The number of nitrogens with one attached hydrogen (secondary N) is 1. The van der Waals surface area contributed by atoms with Crippen LogP contribution >= 0.6 is 11.6 Å². The highest BCUT2D eigenvalue weighted by molar-refractivity contribution is 7.89. The quantitative estimate of drug-likeness (QED) is 0.476. The lowest BCUT2D eigenvalue weighted by Gasteiger charge is -2.12. The molecule has 1 aliphatic carbocycles. The van der Waals surface area contributed by atoms with Crippen molar-refractivity contribution in [1.29, 1.82) is 0 Å². The summed E-state index contributed by atoms with van der Waals surface area (Å²) in [6.07, 6.45) is 1.33. The Hall–Kier alpha value is -2.93. The Bertz CT molecular complexity index is 1290. The van der Waals surface area contributed by atoms with Crippen molar-refractivity contribution in [1.82, 2.24) is 4.72 Å². The highest BCUT2D eigenvalue weighted by Crippen LogP contribution is 2.35. The first-order valence-electron chi connectivity index (χ1n) is 10.7. The van der Waals surface area contributed by atoms with Gasteiger partial charge in [-0.2, -0.15) is 0 Å². The fourth-order valence-corrected chi connectivity index (χ4v) is 5.23. The highest BCUT2D eigenvalue weighted by Gasteiger charge is 2.33. The number of ketones is 1. The lowest BCUT2D eigenvalue weighted by Crippen LogP contribution is -2.26. The number of carbonyl (C=O) groups is 1. The van der Waals surface area contributed by atoms with Crippen molar-refractivity contribution in [3.8, 4) is 0 Å². The number of hydrogen-bond donors (Lipinski definition) is 2. The molecule has 4 rings (SSSR count). The molecule has 0 aliphatic heterocycles. The number of allylic oxidation sites excluding steroid dienone is 2. The third kappa shape index (κ3) is 5.53. The summed E-state index contributed by atoms with van der Waals surface area (Å²) >= 11 is 5.83. The van der Waals surface area contributed by atoms with Crippen molar-refractivity contribution in [3.05, 3.63) is 106 Å². The van der Waals surface area contributed by atoms with Crippen molar-refractivity contribution in [2.75, 3.05) is 6.54 Å². The van der Waals surface area contributed by atoms with Gasteiger partial charge in [0, 0.05) is 23.9 Å². The molecule has 0 spiro atoms. The molecule has 0 saturated heterocycles. The van der Waals surface area contributed by atoms with E-state index in [1.807, 2.05) is 54.6 Å². The minimum Gasteiger partial charge on any atom is -0.511 e. The zero-order valence-corrected chi connectivity index (χ0v) is 19.4. The second-order valence-electron chi connectivity index (χ2n) is 8.08. The monoisotopic (exact) mass is 481 g/mol. The first kappa shape index (κ1) is 23.2. The lowest BCUT2D eigenvalue weighted by molar-refractivity contribution is -0.113. The van der Waals surface area contributed by atoms with E-state index in [-0.39, 0.29) is 35.3 Å². The average Bonchev–Trinajstić information content (AvgIpc) is 3.07. The predicted molar refractivity (Wildman–Crippen MR) is 130 cm³/mol. The van der Waals surface area contributed by atoms with E-state index in [4.69, 9.17) is 11.6 Å². The second kappa shape index (κ2) is 9.91. The molecule has 0 bridgehead atoms. The molecule has 1 aliphatic rings. The van der Waals surface area contributed by atoms with E-state index in [2.05, 4.69) is 4.72 Å². The van der Waals surface area contributed by atoms with Crippen molar-refractivity contribution in [2.24, 2.45) is 5.92 Å². The van der Waals surface area contributed by atoms with Gasteiger partial charge in [-0.15, -0.1) is 0 Å². The number of aliphatic hydroxyl groups is 1. The van der Waals surface area contributed by atoms with Gasteiger partial charge in [-0.1, -0.05) is 66.2 Å². The zero-order valence-electron chi connectivity index (χ0n) is 17.9. The zero-order chi connectivity index (χ0) is 23.4. The topological polar surface area (TPSA) is 83.5 Å². The first-order chi connectivity index (χ1) is 15.8. The number of halogens is 1. The van der Waals surface area contributed by atoms with Gasteiger partial charge in [-0.25, -0.2) is 13.1 Å². The van der Waals surface area contributed by atoms with Crippen LogP contribution in [0.25, 0.3) is 5.57 Å². The first-order valence-corrected chi connectivity index (χ1v) is 12.5. The van der Waals surface area contributed by atoms with Crippen LogP contribution in [0.5, 0.6) is 0 Å². The molecule has 0 fully saturated rings. The number of Topliss-reactive ketones (excluding diaryl/α,β-unsaturated/α-hetero) is 1. The van der Waals surface area contributed by atoms with E-state index in [0.717, 1.165) is 16.7 Å². The number of aliphatic hydroxyl groups excluding tert-OH is 1. The van der Waals surface area contributed by atoms with E-state index in [1.165, 1.54) is 12.1 Å². The Labute approximate surface area is 198 Å². The van der Waals surface area contributed by atoms with Crippen LogP contribution in [0.15, 0.2) is 89.5 Å². The molecular formula is C26H24ClNO4S. The van der Waals surface area contributed by atoms with Crippen molar-refractivity contribution >= 4 is 33.0 Å². The van der Waals surface area contributed by atoms with Crippen LogP contribution in [0.2, 0.25) is 5.02 Å². The largest absolute Gasteiger partial charge is 0.511 e. The maximum Gasteiger partial charge on any atom is 0.240 e. The molecule has 0 amide bonds. The number of benzene rings is 3. The average molecular weight is 482 g/mol. The van der Waals surface area contributed by atoms with E-state index in [0.29, 0.717) is 23.4 Å². The summed E-state index contributed by atoms with van der Waals surface area (Å²) in [6.45, 7) is 0.250. The fraction of sp³-hybridized carbons (Fsp3) is 0.192. The predicted octanol–water partition coefficient (Wildman–Crippen LogP) is 4.96. The molecule has 0 saturated carbocycles. The summed E-state index contributed by atoms with van der Waals surface area (Å²) < 4.78 is 27.5. The molecule has 33 heavy (non-hydrogen) atoms. The van der Waals surface area contributed by atoms with E-state index in [9.17, 15) is 18.3 Å². The van der Waals surface area contributed by atoms with Gasteiger partial charge in [-0.3, -0.25) is 4.79 Å². The van der Waals surface area contributed by atoms with Gasteiger partial charge in [0.05, 0.1) is 10.5 Å². The summed E-state index contributed by atoms with van der Waals surface area (Å²) in [5.74, 6) is -0.157. The van der Waals surface area contributed by atoms with Crippen LogP contribution in [-0.2, 0) is 27.7 Å². The Morgan fingerprint density at radius 1 is 0.939 bits per heavy atom. The van der Waals surface area contributed by atoms with Gasteiger partial charge in [0.25, 0.3) is 0 Å². The van der Waals surface area contributed by atoms with E-state index >= 15 is 0 Å². The summed E-state index contributed by atoms with van der Waals surface area (Å²) in [4.78, 5) is 12.7. The van der Waals surface area contributed by atoms with Crippen molar-refractivity contribution < 1.29 is 18.3 Å². The van der Waals surface area contributed by atoms with Crippen molar-refractivity contribution in [3.63, 3.8) is 0 Å². The van der Waals surface area contributed by atoms with Crippen LogP contribution in [-0.4, -0.2) is 25.9 Å². The summed E-state index contributed by atoms with van der Waals surface area (Å²) in [7, 11) is -3.61. The Kier molecular flexibility index (Phi) is 6.98. The highest BCUT2D eigenvalue weighted by atomic mass is 35.5. The Morgan fingerprint density at radius 2 is 1.64 bits per heavy atom. The molecule has 0 radical (unpaired) electrons. The summed E-state index contributed by atoms with van der Waals surface area (Å²) in [6, 6.07) is 23.1. The Morgan fingerprint density at radius 3 is 2.36 bits per heavy atom. The molecule has 0 heterocycles. The third-order valence-electron chi connectivity index (χ3n) is 5.72. The van der Waals surface area contributed by atoms with Gasteiger partial charge in [-0.05, 0) is 53.8 Å². The van der Waals surface area contributed by atoms with E-state index in [1.54, 1.807) is 12.1 Å². The second-order valence-corrected chi connectivity index (χ2v) is 10.3. The van der Waals surface area contributed by atoms with E-state index < -0.39 is 10.0 Å².